The quantitative estimate of drug-likeness (QED) is 0.681. The zero-order valence-electron chi connectivity index (χ0n) is 11.2. The number of rotatable bonds is 5. The van der Waals surface area contributed by atoms with E-state index in [1.165, 1.54) is 0 Å². The molecule has 0 bridgehead atoms. The molecule has 0 aromatic carbocycles. The number of carbonyl (C=O) groups is 2. The normalized spacial score (nSPS) is 27.2. The predicted octanol–water partition coefficient (Wildman–Crippen LogP) is 0.821. The van der Waals surface area contributed by atoms with Gasteiger partial charge in [0.15, 0.2) is 0 Å². The maximum atomic E-state index is 11.6. The highest BCUT2D eigenvalue weighted by atomic mass is 16.5. The minimum atomic E-state index is -1.05. The van der Waals surface area contributed by atoms with Crippen molar-refractivity contribution in [3.63, 3.8) is 0 Å². The summed E-state index contributed by atoms with van der Waals surface area (Å²) in [5.74, 6) is -0.433. The van der Waals surface area contributed by atoms with Crippen molar-refractivity contribution in [1.29, 1.82) is 0 Å². The van der Waals surface area contributed by atoms with Gasteiger partial charge in [-0.05, 0) is 19.3 Å². The van der Waals surface area contributed by atoms with Crippen molar-refractivity contribution >= 4 is 12.0 Å². The van der Waals surface area contributed by atoms with E-state index in [0.29, 0.717) is 12.5 Å². The Morgan fingerprint density at radius 2 is 2.17 bits per heavy atom. The van der Waals surface area contributed by atoms with Gasteiger partial charge in [-0.15, -0.1) is 0 Å². The van der Waals surface area contributed by atoms with E-state index in [4.69, 9.17) is 9.84 Å². The van der Waals surface area contributed by atoms with Crippen molar-refractivity contribution in [2.45, 2.75) is 33.2 Å². The molecule has 104 valence electrons. The van der Waals surface area contributed by atoms with Crippen LogP contribution < -0.4 is 10.6 Å². The van der Waals surface area contributed by atoms with Crippen LogP contribution in [-0.4, -0.2) is 42.9 Å². The molecule has 0 aromatic rings. The molecule has 2 unspecified atom stereocenters. The van der Waals surface area contributed by atoms with Crippen molar-refractivity contribution < 1.29 is 19.4 Å². The zero-order chi connectivity index (χ0) is 13.8. The van der Waals surface area contributed by atoms with E-state index in [0.717, 1.165) is 6.42 Å². The Kier molecular flexibility index (Phi) is 4.95. The molecule has 1 heterocycles. The minimum Gasteiger partial charge on any atom is -0.481 e. The Morgan fingerprint density at radius 3 is 2.72 bits per heavy atom. The molecule has 18 heavy (non-hydrogen) atoms. The molecule has 3 N–H and O–H groups in total. The van der Waals surface area contributed by atoms with Crippen LogP contribution in [-0.2, 0) is 9.53 Å². The second-order valence-corrected chi connectivity index (χ2v) is 5.37. The number of aliphatic carboxylic acids is 1. The average molecular weight is 258 g/mol. The fourth-order valence-corrected chi connectivity index (χ4v) is 1.77. The van der Waals surface area contributed by atoms with Crippen LogP contribution in [0.25, 0.3) is 0 Å². The van der Waals surface area contributed by atoms with Crippen LogP contribution >= 0.6 is 0 Å². The van der Waals surface area contributed by atoms with Gasteiger partial charge in [0.1, 0.15) is 5.41 Å². The van der Waals surface area contributed by atoms with Gasteiger partial charge < -0.3 is 20.5 Å². The summed E-state index contributed by atoms with van der Waals surface area (Å²) in [7, 11) is 0. The maximum Gasteiger partial charge on any atom is 0.315 e. The molecule has 0 aromatic heterocycles. The lowest BCUT2D eigenvalue weighted by molar-refractivity contribution is -0.148. The summed E-state index contributed by atoms with van der Waals surface area (Å²) in [6.45, 7) is 6.68. The lowest BCUT2D eigenvalue weighted by Gasteiger charge is -2.25. The van der Waals surface area contributed by atoms with Crippen molar-refractivity contribution in [2.75, 3.05) is 19.8 Å². The lowest BCUT2D eigenvalue weighted by atomic mass is 9.85. The van der Waals surface area contributed by atoms with Gasteiger partial charge in [0.2, 0.25) is 0 Å². The summed E-state index contributed by atoms with van der Waals surface area (Å²) in [4.78, 5) is 22.8. The molecule has 0 aliphatic carbocycles. The highest BCUT2D eigenvalue weighted by Crippen LogP contribution is 2.28. The number of hydrogen-bond donors (Lipinski definition) is 3. The fraction of sp³-hybridized carbons (Fsp3) is 0.833. The van der Waals surface area contributed by atoms with Crippen LogP contribution in [0.5, 0.6) is 0 Å². The first-order chi connectivity index (χ1) is 8.36. The number of carbonyl (C=O) groups excluding carboxylic acids is 1. The van der Waals surface area contributed by atoms with Gasteiger partial charge in [0.05, 0.1) is 19.3 Å². The number of nitrogens with one attached hydrogen (secondary N) is 2. The molecule has 1 aliphatic heterocycles. The highest BCUT2D eigenvalue weighted by molar-refractivity contribution is 5.79. The third-order valence-corrected chi connectivity index (χ3v) is 3.26. The third-order valence-electron chi connectivity index (χ3n) is 3.26. The minimum absolute atomic E-state index is 0.124. The van der Waals surface area contributed by atoms with Gasteiger partial charge in [-0.25, -0.2) is 4.79 Å². The van der Waals surface area contributed by atoms with Crippen LogP contribution in [0.1, 0.15) is 27.2 Å². The molecule has 0 spiro atoms. The first-order valence-corrected chi connectivity index (χ1v) is 6.21. The van der Waals surface area contributed by atoms with E-state index in [1.54, 1.807) is 6.92 Å². The summed E-state index contributed by atoms with van der Waals surface area (Å²) in [5.41, 5.74) is -1.05. The number of ether oxygens (including phenoxy) is 1. The summed E-state index contributed by atoms with van der Waals surface area (Å²) in [6, 6.07) is -0.826. The van der Waals surface area contributed by atoms with Crippen LogP contribution in [0.3, 0.4) is 0 Å². The van der Waals surface area contributed by atoms with Gasteiger partial charge in [-0.2, -0.15) is 0 Å². The van der Waals surface area contributed by atoms with E-state index < -0.39 is 17.4 Å². The molecule has 0 radical (unpaired) electrons. The number of carboxylic acid groups (broad SMARTS) is 1. The van der Waals surface area contributed by atoms with E-state index in [2.05, 4.69) is 24.5 Å². The van der Waals surface area contributed by atoms with Crippen molar-refractivity contribution in [2.24, 2.45) is 11.3 Å². The van der Waals surface area contributed by atoms with Gasteiger partial charge in [-0.1, -0.05) is 13.8 Å². The molecule has 2 amide bonds. The maximum absolute atomic E-state index is 11.6. The molecular weight excluding hydrogens is 236 g/mol. The second kappa shape index (κ2) is 6.04. The Bertz CT molecular complexity index is 319. The monoisotopic (exact) mass is 258 g/mol. The summed E-state index contributed by atoms with van der Waals surface area (Å²) >= 11 is 0. The SMILES string of the molecule is CC(C)CCNC(=O)NC1COCC1(C)C(=O)O. The Hall–Kier alpha value is -1.30. The average Bonchev–Trinajstić information content (AvgIpc) is 2.61. The third kappa shape index (κ3) is 3.60. The fourth-order valence-electron chi connectivity index (χ4n) is 1.77. The predicted molar refractivity (Wildman–Crippen MR) is 66.3 cm³/mol. The highest BCUT2D eigenvalue weighted by Gasteiger charge is 2.47. The van der Waals surface area contributed by atoms with Crippen molar-refractivity contribution in [3.8, 4) is 0 Å². The van der Waals surface area contributed by atoms with Crippen molar-refractivity contribution in [3.05, 3.63) is 0 Å². The second-order valence-electron chi connectivity index (χ2n) is 5.37. The molecular formula is C12H22N2O4. The standard InChI is InChI=1S/C12H22N2O4/c1-8(2)4-5-13-11(17)14-9-6-18-7-12(9,3)10(15)16/h8-9H,4-7H2,1-3H3,(H,15,16)(H2,13,14,17). The molecule has 6 nitrogen and oxygen atoms in total. The van der Waals surface area contributed by atoms with Gasteiger partial charge in [0, 0.05) is 6.54 Å². The summed E-state index contributed by atoms with van der Waals surface area (Å²) in [6.07, 6.45) is 0.894. The largest absolute Gasteiger partial charge is 0.481 e. The molecule has 1 fully saturated rings. The van der Waals surface area contributed by atoms with Crippen molar-refractivity contribution in [1.82, 2.24) is 10.6 Å². The Labute approximate surface area is 107 Å². The first-order valence-electron chi connectivity index (χ1n) is 6.21. The van der Waals surface area contributed by atoms with Crippen LogP contribution in [0.4, 0.5) is 4.79 Å². The Morgan fingerprint density at radius 1 is 1.50 bits per heavy atom. The van der Waals surface area contributed by atoms with Gasteiger partial charge in [0.25, 0.3) is 0 Å². The van der Waals surface area contributed by atoms with E-state index in [-0.39, 0.29) is 19.2 Å². The number of carboxylic acids is 1. The zero-order valence-corrected chi connectivity index (χ0v) is 11.2. The molecule has 2 atom stereocenters. The lowest BCUT2D eigenvalue weighted by Crippen LogP contribution is -2.52. The number of urea groups is 1. The number of amides is 2. The van der Waals surface area contributed by atoms with E-state index in [1.807, 2.05) is 0 Å². The smallest absolute Gasteiger partial charge is 0.315 e. The molecule has 6 heteroatoms. The van der Waals surface area contributed by atoms with E-state index >= 15 is 0 Å². The summed E-state index contributed by atoms with van der Waals surface area (Å²) in [5, 5.41) is 14.5. The Balaban J connectivity index is 2.42. The van der Waals surface area contributed by atoms with Crippen LogP contribution in [0.15, 0.2) is 0 Å². The van der Waals surface area contributed by atoms with Crippen LogP contribution in [0, 0.1) is 11.3 Å². The number of hydrogen-bond acceptors (Lipinski definition) is 3. The van der Waals surface area contributed by atoms with Gasteiger partial charge >= 0.3 is 12.0 Å². The van der Waals surface area contributed by atoms with Crippen LogP contribution in [0.2, 0.25) is 0 Å². The van der Waals surface area contributed by atoms with Gasteiger partial charge in [-0.3, -0.25) is 4.79 Å². The molecule has 1 aliphatic rings. The molecule has 0 saturated carbocycles. The first kappa shape index (κ1) is 14.8. The van der Waals surface area contributed by atoms with E-state index in [9.17, 15) is 9.59 Å². The summed E-state index contributed by atoms with van der Waals surface area (Å²) < 4.78 is 5.15. The molecule has 1 saturated heterocycles. The molecule has 1 rings (SSSR count). The topological polar surface area (TPSA) is 87.7 Å².